The first-order valence-electron chi connectivity index (χ1n) is 13.0. The van der Waals surface area contributed by atoms with Gasteiger partial charge >= 0.3 is 0 Å². The van der Waals surface area contributed by atoms with Gasteiger partial charge in [0.1, 0.15) is 23.9 Å². The number of anilines is 1. The number of rotatable bonds is 5. The van der Waals surface area contributed by atoms with E-state index in [9.17, 15) is 4.39 Å². The second-order valence-electron chi connectivity index (χ2n) is 10.1. The van der Waals surface area contributed by atoms with Crippen LogP contribution in [0.25, 0.3) is 33.1 Å². The minimum atomic E-state index is -0.504. The molecular weight excluding hydrogens is 472 g/mol. The van der Waals surface area contributed by atoms with Crippen molar-refractivity contribution in [3.63, 3.8) is 0 Å². The Bertz CT molecular complexity index is 1460. The van der Waals surface area contributed by atoms with Crippen LogP contribution in [0, 0.1) is 11.6 Å². The molecule has 8 heteroatoms. The number of aromatic nitrogens is 2. The summed E-state index contributed by atoms with van der Waals surface area (Å²) in [6.07, 6.45) is 2.25. The van der Waals surface area contributed by atoms with E-state index in [0.29, 0.717) is 45.9 Å². The molecular formula is C29H31F2N5O. The number of likely N-dealkylation sites (tertiary alicyclic amines) is 1. The second kappa shape index (κ2) is 9.84. The summed E-state index contributed by atoms with van der Waals surface area (Å²) in [5.41, 5.74) is 1.74. The Morgan fingerprint density at radius 2 is 1.89 bits per heavy atom. The Morgan fingerprint density at radius 1 is 1.05 bits per heavy atom. The van der Waals surface area contributed by atoms with Crippen molar-refractivity contribution >= 4 is 27.5 Å². The molecule has 0 bridgehead atoms. The summed E-state index contributed by atoms with van der Waals surface area (Å²) >= 11 is 0. The van der Waals surface area contributed by atoms with Crippen molar-refractivity contribution in [2.75, 3.05) is 44.7 Å². The van der Waals surface area contributed by atoms with Crippen LogP contribution in [-0.2, 0) is 0 Å². The lowest BCUT2D eigenvalue weighted by Crippen LogP contribution is -2.50. The molecule has 2 saturated heterocycles. The molecule has 2 aromatic heterocycles. The van der Waals surface area contributed by atoms with Gasteiger partial charge in [0, 0.05) is 54.1 Å². The normalized spacial score (nSPS) is 20.7. The highest BCUT2D eigenvalue weighted by Crippen LogP contribution is 2.36. The zero-order valence-corrected chi connectivity index (χ0v) is 21.2. The molecule has 192 valence electrons. The number of hydrogen-bond donors (Lipinski definition) is 1. The molecule has 2 atom stereocenters. The second-order valence-corrected chi connectivity index (χ2v) is 10.1. The van der Waals surface area contributed by atoms with Gasteiger partial charge < -0.3 is 19.9 Å². The summed E-state index contributed by atoms with van der Waals surface area (Å²) < 4.78 is 36.8. The Hall–Kier alpha value is -3.36. The fourth-order valence-electron chi connectivity index (χ4n) is 5.65. The van der Waals surface area contributed by atoms with Crippen molar-refractivity contribution in [3.8, 4) is 17.1 Å². The highest BCUT2D eigenvalue weighted by molar-refractivity contribution is 5.98. The predicted octanol–water partition coefficient (Wildman–Crippen LogP) is 5.00. The molecule has 2 fully saturated rings. The van der Waals surface area contributed by atoms with Crippen molar-refractivity contribution in [2.45, 2.75) is 31.8 Å². The quantitative estimate of drug-likeness (QED) is 0.414. The molecule has 0 spiro atoms. The average molecular weight is 504 g/mol. The Labute approximate surface area is 215 Å². The lowest BCUT2D eigenvalue weighted by molar-refractivity contribution is 0.193. The monoisotopic (exact) mass is 503 g/mol. The first-order valence-corrected chi connectivity index (χ1v) is 13.0. The average Bonchev–Trinajstić information content (AvgIpc) is 3.31. The molecule has 0 saturated carbocycles. The Morgan fingerprint density at radius 3 is 2.68 bits per heavy atom. The van der Waals surface area contributed by atoms with E-state index >= 15 is 4.39 Å². The molecule has 6 nitrogen and oxygen atoms in total. The molecule has 6 rings (SSSR count). The van der Waals surface area contributed by atoms with E-state index in [1.165, 1.54) is 12.1 Å². The number of nitrogens with zero attached hydrogens (tertiary/aromatic N) is 4. The number of pyridine rings is 2. The van der Waals surface area contributed by atoms with E-state index in [1.54, 1.807) is 18.2 Å². The van der Waals surface area contributed by atoms with Crippen LogP contribution in [0.1, 0.15) is 19.8 Å². The van der Waals surface area contributed by atoms with Crippen molar-refractivity contribution in [3.05, 3.63) is 60.2 Å². The first kappa shape index (κ1) is 24.0. The van der Waals surface area contributed by atoms with Gasteiger partial charge in [-0.05, 0) is 50.9 Å². The van der Waals surface area contributed by atoms with Crippen LogP contribution >= 0.6 is 0 Å². The molecule has 4 aromatic rings. The fourth-order valence-corrected chi connectivity index (χ4v) is 5.65. The van der Waals surface area contributed by atoms with E-state index in [1.807, 2.05) is 18.2 Å². The Kier molecular flexibility index (Phi) is 6.38. The highest BCUT2D eigenvalue weighted by Gasteiger charge is 2.25. The molecule has 2 aliphatic heterocycles. The summed E-state index contributed by atoms with van der Waals surface area (Å²) in [4.78, 5) is 14.0. The van der Waals surface area contributed by atoms with E-state index in [-0.39, 0.29) is 11.7 Å². The molecule has 0 aliphatic carbocycles. The molecule has 1 N–H and O–H groups in total. The molecule has 0 radical (unpaired) electrons. The van der Waals surface area contributed by atoms with Crippen molar-refractivity contribution in [2.24, 2.45) is 0 Å². The van der Waals surface area contributed by atoms with Crippen LogP contribution in [0.15, 0.2) is 48.5 Å². The van der Waals surface area contributed by atoms with Crippen molar-refractivity contribution in [1.82, 2.24) is 20.2 Å². The third kappa shape index (κ3) is 4.49. The van der Waals surface area contributed by atoms with Gasteiger partial charge in [-0.3, -0.25) is 0 Å². The van der Waals surface area contributed by atoms with Gasteiger partial charge in [0.15, 0.2) is 5.65 Å². The predicted molar refractivity (Wildman–Crippen MR) is 143 cm³/mol. The zero-order valence-electron chi connectivity index (χ0n) is 21.2. The third-order valence-corrected chi connectivity index (χ3v) is 7.72. The maximum atomic E-state index is 15.7. The number of benzene rings is 2. The number of hydrogen-bond acceptors (Lipinski definition) is 6. The smallest absolute Gasteiger partial charge is 0.217 e. The molecule has 0 amide bonds. The fraction of sp³-hybridized carbons (Fsp3) is 0.379. The standard InChI is InChI=1S/C29H31F2N5O/c1-18-16-32-11-13-36(18)25-15-26(37-17-20-8-5-12-35(20)2)33-29-22(25)14-24(31)28(34-29)21-9-3-6-19-7-4-10-23(30)27(19)21/h3-4,6-7,9-10,14-15,18,20,32H,5,8,11-13,16-17H2,1-2H3/t18-,20+/m1/s1. The van der Waals surface area contributed by atoms with Gasteiger partial charge in [-0.2, -0.15) is 4.98 Å². The zero-order chi connectivity index (χ0) is 25.5. The third-order valence-electron chi connectivity index (χ3n) is 7.72. The van der Waals surface area contributed by atoms with E-state index in [2.05, 4.69) is 34.1 Å². The molecule has 2 aromatic carbocycles. The number of nitrogens with one attached hydrogen (secondary N) is 1. The van der Waals surface area contributed by atoms with Crippen molar-refractivity contribution in [1.29, 1.82) is 0 Å². The largest absolute Gasteiger partial charge is 0.476 e. The van der Waals surface area contributed by atoms with Crippen LogP contribution in [0.5, 0.6) is 5.88 Å². The maximum absolute atomic E-state index is 15.7. The topological polar surface area (TPSA) is 53.5 Å². The van der Waals surface area contributed by atoms with Gasteiger partial charge in [0.2, 0.25) is 5.88 Å². The van der Waals surface area contributed by atoms with Gasteiger partial charge in [0.25, 0.3) is 0 Å². The molecule has 2 aliphatic rings. The molecule has 0 unspecified atom stereocenters. The van der Waals surface area contributed by atoms with Gasteiger partial charge in [-0.15, -0.1) is 0 Å². The van der Waals surface area contributed by atoms with Crippen LogP contribution in [0.3, 0.4) is 0 Å². The Balaban J connectivity index is 1.49. The lowest BCUT2D eigenvalue weighted by atomic mass is 10.0. The summed E-state index contributed by atoms with van der Waals surface area (Å²) in [5.74, 6) is -0.437. The number of likely N-dealkylation sites (N-methyl/N-ethyl adjacent to an activating group) is 1. The van der Waals surface area contributed by atoms with Crippen LogP contribution in [0.4, 0.5) is 14.5 Å². The number of fused-ring (bicyclic) bond motifs is 2. The number of ether oxygens (including phenoxy) is 1. The number of piperazine rings is 1. The van der Waals surface area contributed by atoms with Crippen molar-refractivity contribution < 1.29 is 13.5 Å². The lowest BCUT2D eigenvalue weighted by Gasteiger charge is -2.36. The minimum Gasteiger partial charge on any atom is -0.476 e. The highest BCUT2D eigenvalue weighted by atomic mass is 19.1. The molecule has 4 heterocycles. The first-order chi connectivity index (χ1) is 18.0. The summed E-state index contributed by atoms with van der Waals surface area (Å²) in [5, 5.41) is 5.08. The molecule has 37 heavy (non-hydrogen) atoms. The van der Waals surface area contributed by atoms with Crippen LogP contribution < -0.4 is 15.0 Å². The van der Waals surface area contributed by atoms with Gasteiger partial charge in [-0.1, -0.05) is 30.3 Å². The van der Waals surface area contributed by atoms with Crippen LogP contribution in [-0.4, -0.2) is 66.8 Å². The number of halogens is 2. The van der Waals surface area contributed by atoms with E-state index < -0.39 is 11.6 Å². The summed E-state index contributed by atoms with van der Waals surface area (Å²) in [6.45, 7) is 6.19. The van der Waals surface area contributed by atoms with E-state index in [4.69, 9.17) is 9.72 Å². The maximum Gasteiger partial charge on any atom is 0.217 e. The van der Waals surface area contributed by atoms with Crippen LogP contribution in [0.2, 0.25) is 0 Å². The van der Waals surface area contributed by atoms with Gasteiger partial charge in [-0.25, -0.2) is 13.8 Å². The van der Waals surface area contributed by atoms with E-state index in [0.717, 1.165) is 44.7 Å². The SMILES string of the molecule is C[C@@H]1CNCCN1c1cc(OC[C@@H]2CCCN2C)nc2nc(-c3cccc4cccc(F)c34)c(F)cc12. The van der Waals surface area contributed by atoms with Gasteiger partial charge in [0.05, 0.1) is 5.69 Å². The summed E-state index contributed by atoms with van der Waals surface area (Å²) in [7, 11) is 2.11. The summed E-state index contributed by atoms with van der Waals surface area (Å²) in [6, 6.07) is 14.1. The minimum absolute atomic E-state index is 0.0858.